The van der Waals surface area contributed by atoms with Gasteiger partial charge >= 0.3 is 0 Å². The summed E-state index contributed by atoms with van der Waals surface area (Å²) in [7, 11) is 0. The number of hydrogen-bond donors (Lipinski definition) is 0. The van der Waals surface area contributed by atoms with Crippen LogP contribution in [0.2, 0.25) is 0 Å². The summed E-state index contributed by atoms with van der Waals surface area (Å²) in [5, 5.41) is 2.47. The second-order valence-electron chi connectivity index (χ2n) is 15.5. The van der Waals surface area contributed by atoms with Gasteiger partial charge in [-0.2, -0.15) is 0 Å². The van der Waals surface area contributed by atoms with E-state index in [-0.39, 0.29) is 0 Å². The molecule has 12 rings (SSSR count). The number of fused-ring (bicyclic) bond motifs is 7. The van der Waals surface area contributed by atoms with Gasteiger partial charge in [0.15, 0.2) is 5.58 Å². The number of para-hydroxylation sites is 1. The molecule has 0 amide bonds. The highest BCUT2D eigenvalue weighted by Gasteiger charge is 2.46. The highest BCUT2D eigenvalue weighted by Crippen LogP contribution is 2.57. The van der Waals surface area contributed by atoms with Crippen molar-refractivity contribution in [3.05, 3.63) is 241 Å². The lowest BCUT2D eigenvalue weighted by Gasteiger charge is -2.33. The third-order valence-electron chi connectivity index (χ3n) is 12.3. The normalized spacial score (nSPS) is 14.5. The van der Waals surface area contributed by atoms with Crippen molar-refractivity contribution < 1.29 is 4.42 Å². The molecule has 0 radical (unpaired) electrons. The molecule has 2 heterocycles. The zero-order valence-corrected chi connectivity index (χ0v) is 32.1. The van der Waals surface area contributed by atoms with Crippen molar-refractivity contribution in [1.29, 1.82) is 0 Å². The van der Waals surface area contributed by atoms with E-state index in [0.717, 1.165) is 27.9 Å². The van der Waals surface area contributed by atoms with Crippen LogP contribution in [-0.4, -0.2) is 9.55 Å². The SMILES string of the molecule is c1ccc(-c2cccc(-n3c4ccccc4c4cc(-c5ccc6c(c5)-c5ccccc5C6(c5ccccc5)c5ccc6nc(-c7ccccc7)oc6c5)ccc43)c2)cc1. The Morgan fingerprint density at radius 2 is 1.03 bits per heavy atom. The quantitative estimate of drug-likeness (QED) is 0.169. The van der Waals surface area contributed by atoms with Crippen LogP contribution in [0.5, 0.6) is 0 Å². The Morgan fingerprint density at radius 3 is 1.88 bits per heavy atom. The number of rotatable bonds is 6. The molecule has 59 heavy (non-hydrogen) atoms. The number of nitrogens with zero attached hydrogens (tertiary/aromatic N) is 2. The molecule has 0 aliphatic heterocycles. The van der Waals surface area contributed by atoms with Crippen molar-refractivity contribution in [2.45, 2.75) is 5.41 Å². The Morgan fingerprint density at radius 1 is 0.390 bits per heavy atom. The maximum Gasteiger partial charge on any atom is 0.227 e. The maximum atomic E-state index is 6.50. The van der Waals surface area contributed by atoms with Crippen LogP contribution in [0.3, 0.4) is 0 Å². The monoisotopic (exact) mass is 752 g/mol. The minimum absolute atomic E-state index is 0.564. The van der Waals surface area contributed by atoms with E-state index in [4.69, 9.17) is 9.40 Å². The number of oxazole rings is 1. The zero-order chi connectivity index (χ0) is 38.9. The molecule has 0 N–H and O–H groups in total. The third-order valence-corrected chi connectivity index (χ3v) is 12.3. The predicted octanol–water partition coefficient (Wildman–Crippen LogP) is 14.3. The smallest absolute Gasteiger partial charge is 0.227 e. The van der Waals surface area contributed by atoms with Gasteiger partial charge in [0, 0.05) is 22.0 Å². The van der Waals surface area contributed by atoms with Gasteiger partial charge in [-0.1, -0.05) is 158 Å². The Kier molecular flexibility index (Phi) is 7.45. The lowest BCUT2D eigenvalue weighted by Crippen LogP contribution is -2.28. The van der Waals surface area contributed by atoms with Crippen molar-refractivity contribution in [2.75, 3.05) is 0 Å². The van der Waals surface area contributed by atoms with Crippen LogP contribution in [0, 0.1) is 0 Å². The minimum Gasteiger partial charge on any atom is -0.436 e. The maximum absolute atomic E-state index is 6.50. The summed E-state index contributed by atoms with van der Waals surface area (Å²) in [4.78, 5) is 4.89. The van der Waals surface area contributed by atoms with E-state index >= 15 is 0 Å². The lowest BCUT2D eigenvalue weighted by atomic mass is 9.67. The molecular weight excluding hydrogens is 717 g/mol. The summed E-state index contributed by atoms with van der Waals surface area (Å²) in [5.41, 5.74) is 17.7. The van der Waals surface area contributed by atoms with E-state index in [1.165, 1.54) is 71.9 Å². The summed E-state index contributed by atoms with van der Waals surface area (Å²) in [5.74, 6) is 0.629. The van der Waals surface area contributed by atoms with E-state index in [1.54, 1.807) is 0 Å². The Balaban J connectivity index is 1.03. The molecule has 0 saturated heterocycles. The van der Waals surface area contributed by atoms with Crippen LogP contribution in [-0.2, 0) is 5.41 Å². The van der Waals surface area contributed by atoms with Crippen LogP contribution in [0.15, 0.2) is 223 Å². The highest BCUT2D eigenvalue weighted by molar-refractivity contribution is 6.10. The van der Waals surface area contributed by atoms with Crippen molar-refractivity contribution in [3.8, 4) is 50.5 Å². The first kappa shape index (κ1) is 33.4. The standard InChI is InChI=1S/C56H36N2O/c1-4-15-37(16-5-1)39-19-14-22-44(33-39)58-52-26-13-11-24-46(52)48-35-41(28-32-53(48)58)40-27-30-50-47(34-40)45-23-10-12-25-49(45)56(50,42-20-8-3-9-21-42)43-29-31-51-54(36-43)59-55(57-51)38-17-6-2-7-18-38/h1-36H. The molecule has 276 valence electrons. The summed E-state index contributed by atoms with van der Waals surface area (Å²) < 4.78 is 8.90. The summed E-state index contributed by atoms with van der Waals surface area (Å²) in [6, 6.07) is 78.8. The second-order valence-corrected chi connectivity index (χ2v) is 15.5. The molecule has 0 spiro atoms. The van der Waals surface area contributed by atoms with Gasteiger partial charge < -0.3 is 8.98 Å². The molecule has 1 atom stereocenters. The molecule has 9 aromatic carbocycles. The fraction of sp³-hybridized carbons (Fsp3) is 0.0179. The third kappa shape index (κ3) is 5.11. The molecule has 2 aromatic heterocycles. The summed E-state index contributed by atoms with van der Waals surface area (Å²) in [6.45, 7) is 0. The van der Waals surface area contributed by atoms with Crippen LogP contribution >= 0.6 is 0 Å². The number of aromatic nitrogens is 2. The zero-order valence-electron chi connectivity index (χ0n) is 32.1. The molecule has 3 nitrogen and oxygen atoms in total. The van der Waals surface area contributed by atoms with E-state index in [9.17, 15) is 0 Å². The first-order chi connectivity index (χ1) is 29.2. The van der Waals surface area contributed by atoms with Crippen LogP contribution in [0.4, 0.5) is 0 Å². The van der Waals surface area contributed by atoms with E-state index < -0.39 is 5.41 Å². The molecule has 0 saturated carbocycles. The van der Waals surface area contributed by atoms with E-state index in [2.05, 4.69) is 193 Å². The van der Waals surface area contributed by atoms with Gasteiger partial charge in [0.2, 0.25) is 5.89 Å². The van der Waals surface area contributed by atoms with E-state index in [1.807, 2.05) is 30.3 Å². The van der Waals surface area contributed by atoms with Crippen LogP contribution in [0.1, 0.15) is 22.3 Å². The second kappa shape index (κ2) is 13.2. The molecular formula is C56H36N2O. The van der Waals surface area contributed by atoms with Crippen molar-refractivity contribution >= 4 is 32.9 Å². The molecule has 1 unspecified atom stereocenters. The van der Waals surface area contributed by atoms with Gasteiger partial charge in [0.05, 0.1) is 16.4 Å². The molecule has 3 heteroatoms. The van der Waals surface area contributed by atoms with Gasteiger partial charge in [-0.25, -0.2) is 4.98 Å². The average molecular weight is 753 g/mol. The van der Waals surface area contributed by atoms with Crippen molar-refractivity contribution in [2.24, 2.45) is 0 Å². The number of hydrogen-bond acceptors (Lipinski definition) is 2. The largest absolute Gasteiger partial charge is 0.436 e. The van der Waals surface area contributed by atoms with Crippen molar-refractivity contribution in [3.63, 3.8) is 0 Å². The topological polar surface area (TPSA) is 31.0 Å². The van der Waals surface area contributed by atoms with Crippen LogP contribution in [0.25, 0.3) is 83.4 Å². The Hall–Kier alpha value is -7.75. The molecule has 1 aliphatic carbocycles. The fourth-order valence-corrected chi connectivity index (χ4v) is 9.69. The predicted molar refractivity (Wildman–Crippen MR) is 242 cm³/mol. The first-order valence-electron chi connectivity index (χ1n) is 20.2. The molecule has 0 fully saturated rings. The Bertz CT molecular complexity index is 3380. The van der Waals surface area contributed by atoms with E-state index in [0.29, 0.717) is 5.89 Å². The van der Waals surface area contributed by atoms with Gasteiger partial charge in [-0.15, -0.1) is 0 Å². The first-order valence-corrected chi connectivity index (χ1v) is 20.2. The summed E-state index contributed by atoms with van der Waals surface area (Å²) in [6.07, 6.45) is 0. The molecule has 11 aromatic rings. The van der Waals surface area contributed by atoms with Crippen LogP contribution < -0.4 is 0 Å². The lowest BCUT2D eigenvalue weighted by molar-refractivity contribution is 0.618. The average Bonchev–Trinajstić information content (AvgIpc) is 3.98. The fourth-order valence-electron chi connectivity index (χ4n) is 9.69. The molecule has 0 bridgehead atoms. The van der Waals surface area contributed by atoms with Gasteiger partial charge in [-0.05, 0) is 116 Å². The highest BCUT2D eigenvalue weighted by atomic mass is 16.3. The summed E-state index contributed by atoms with van der Waals surface area (Å²) >= 11 is 0. The van der Waals surface area contributed by atoms with Gasteiger partial charge in [0.25, 0.3) is 0 Å². The number of benzene rings is 9. The van der Waals surface area contributed by atoms with Crippen molar-refractivity contribution in [1.82, 2.24) is 9.55 Å². The van der Waals surface area contributed by atoms with Gasteiger partial charge in [-0.3, -0.25) is 0 Å². The minimum atomic E-state index is -0.564. The van der Waals surface area contributed by atoms with Gasteiger partial charge in [0.1, 0.15) is 5.52 Å². The Labute approximate surface area is 342 Å². The molecule has 1 aliphatic rings.